The molecule has 0 aliphatic heterocycles. The summed E-state index contributed by atoms with van der Waals surface area (Å²) in [6.07, 6.45) is 3.44. The van der Waals surface area contributed by atoms with Gasteiger partial charge in [0.1, 0.15) is 9.52 Å². The normalized spacial score (nSPS) is 10.1. The Hall–Kier alpha value is -0.430. The first kappa shape index (κ1) is 10.6. The van der Waals surface area contributed by atoms with Gasteiger partial charge in [0.15, 0.2) is 0 Å². The summed E-state index contributed by atoms with van der Waals surface area (Å²) in [6, 6.07) is 0. The Morgan fingerprint density at radius 3 is 2.69 bits per heavy atom. The highest BCUT2D eigenvalue weighted by Crippen LogP contribution is 2.08. The second kappa shape index (κ2) is 5.33. The topological polar surface area (TPSA) is 49.2 Å². The van der Waals surface area contributed by atoms with Crippen LogP contribution in [-0.4, -0.2) is 34.8 Å². The van der Waals surface area contributed by atoms with E-state index in [4.69, 9.17) is 5.11 Å². The van der Waals surface area contributed by atoms with E-state index in [0.717, 1.165) is 16.1 Å². The van der Waals surface area contributed by atoms with Gasteiger partial charge in [-0.25, -0.2) is 9.97 Å². The molecule has 0 amide bonds. The Morgan fingerprint density at radius 2 is 2.23 bits per heavy atom. The monoisotopic (exact) mass is 293 g/mol. The molecule has 0 radical (unpaired) electrons. The van der Waals surface area contributed by atoms with Crippen molar-refractivity contribution in [3.05, 3.63) is 16.1 Å². The van der Waals surface area contributed by atoms with Gasteiger partial charge in [-0.3, -0.25) is 0 Å². The first-order chi connectivity index (χ1) is 6.27. The summed E-state index contributed by atoms with van der Waals surface area (Å²) < 4.78 is 0.876. The Labute approximate surface area is 91.1 Å². The zero-order valence-electron chi connectivity index (χ0n) is 7.44. The van der Waals surface area contributed by atoms with Crippen LogP contribution < -0.4 is 4.90 Å². The van der Waals surface area contributed by atoms with Crippen LogP contribution in [0.4, 0.5) is 5.82 Å². The fourth-order valence-corrected chi connectivity index (χ4v) is 1.30. The quantitative estimate of drug-likeness (QED) is 0.838. The van der Waals surface area contributed by atoms with Gasteiger partial charge >= 0.3 is 0 Å². The van der Waals surface area contributed by atoms with Gasteiger partial charge < -0.3 is 10.0 Å². The third-order valence-corrected chi connectivity index (χ3v) is 2.24. The molecule has 0 spiro atoms. The zero-order valence-corrected chi connectivity index (χ0v) is 9.60. The fourth-order valence-electron chi connectivity index (χ4n) is 1.02. The van der Waals surface area contributed by atoms with E-state index in [1.807, 2.05) is 11.8 Å². The van der Waals surface area contributed by atoms with Crippen molar-refractivity contribution in [2.75, 3.05) is 24.6 Å². The van der Waals surface area contributed by atoms with Crippen molar-refractivity contribution in [2.45, 2.75) is 6.92 Å². The molecule has 1 rings (SSSR count). The van der Waals surface area contributed by atoms with E-state index >= 15 is 0 Å². The lowest BCUT2D eigenvalue weighted by Crippen LogP contribution is -2.27. The van der Waals surface area contributed by atoms with Crippen molar-refractivity contribution < 1.29 is 5.11 Å². The molecule has 0 aromatic carbocycles. The summed E-state index contributed by atoms with van der Waals surface area (Å²) in [5.74, 6) is 0.817. The van der Waals surface area contributed by atoms with E-state index in [0.29, 0.717) is 6.54 Å². The molecule has 1 aromatic heterocycles. The molecular weight excluding hydrogens is 281 g/mol. The average Bonchev–Trinajstić information content (AvgIpc) is 2.16. The smallest absolute Gasteiger partial charge is 0.147 e. The maximum Gasteiger partial charge on any atom is 0.147 e. The summed E-state index contributed by atoms with van der Waals surface area (Å²) in [7, 11) is 0. The van der Waals surface area contributed by atoms with Gasteiger partial charge in [0.25, 0.3) is 0 Å². The van der Waals surface area contributed by atoms with Gasteiger partial charge in [0.05, 0.1) is 19.0 Å². The van der Waals surface area contributed by atoms with Crippen LogP contribution in [0, 0.1) is 3.70 Å². The Bertz CT molecular complexity index is 252. The number of hydrogen-bond acceptors (Lipinski definition) is 4. The molecule has 0 bridgehead atoms. The van der Waals surface area contributed by atoms with Gasteiger partial charge in [-0.15, -0.1) is 0 Å². The first-order valence-electron chi connectivity index (χ1n) is 4.11. The molecule has 4 nitrogen and oxygen atoms in total. The van der Waals surface area contributed by atoms with Gasteiger partial charge in [-0.2, -0.15) is 0 Å². The number of hydrogen-bond donors (Lipinski definition) is 1. The number of anilines is 1. The van der Waals surface area contributed by atoms with Gasteiger partial charge in [0, 0.05) is 13.1 Å². The lowest BCUT2D eigenvalue weighted by molar-refractivity contribution is 0.302. The highest BCUT2D eigenvalue weighted by atomic mass is 127. The minimum Gasteiger partial charge on any atom is -0.395 e. The minimum absolute atomic E-state index is 0.140. The number of rotatable bonds is 4. The molecule has 72 valence electrons. The number of nitrogens with zero attached hydrogens (tertiary/aromatic N) is 3. The van der Waals surface area contributed by atoms with Crippen LogP contribution in [0.2, 0.25) is 0 Å². The highest BCUT2D eigenvalue weighted by molar-refractivity contribution is 14.1. The largest absolute Gasteiger partial charge is 0.395 e. The second-order valence-corrected chi connectivity index (χ2v) is 3.61. The molecule has 1 N–H and O–H groups in total. The SMILES string of the molecule is CCN(CCO)c1cnc(I)cn1. The second-order valence-electron chi connectivity index (χ2n) is 2.50. The van der Waals surface area contributed by atoms with Gasteiger partial charge in [-0.1, -0.05) is 0 Å². The number of aromatic nitrogens is 2. The Balaban J connectivity index is 2.73. The lowest BCUT2D eigenvalue weighted by Gasteiger charge is -2.19. The fraction of sp³-hybridized carbons (Fsp3) is 0.500. The standard InChI is InChI=1S/C8H12IN3O/c1-2-12(3-4-13)8-6-10-7(9)5-11-8/h5-6,13H,2-4H2,1H3. The number of aliphatic hydroxyl groups is 1. The molecular formula is C8H12IN3O. The molecule has 1 aromatic rings. The van der Waals surface area contributed by atoms with Gasteiger partial charge in [0.2, 0.25) is 0 Å². The summed E-state index contributed by atoms with van der Waals surface area (Å²) in [5.41, 5.74) is 0. The molecule has 0 aliphatic carbocycles. The summed E-state index contributed by atoms with van der Waals surface area (Å²) in [5, 5.41) is 8.79. The Kier molecular flexibility index (Phi) is 4.37. The van der Waals surface area contributed by atoms with Crippen LogP contribution in [0.25, 0.3) is 0 Å². The summed E-state index contributed by atoms with van der Waals surface area (Å²) in [4.78, 5) is 10.3. The predicted molar refractivity (Wildman–Crippen MR) is 59.7 cm³/mol. The molecule has 0 saturated carbocycles. The van der Waals surface area contributed by atoms with Crippen LogP contribution in [0.3, 0.4) is 0 Å². The predicted octanol–water partition coefficient (Wildman–Crippen LogP) is 0.900. The third-order valence-electron chi connectivity index (χ3n) is 1.68. The minimum atomic E-state index is 0.140. The van der Waals surface area contributed by atoms with Crippen LogP contribution in [-0.2, 0) is 0 Å². The Morgan fingerprint density at radius 1 is 1.46 bits per heavy atom. The van der Waals surface area contributed by atoms with Crippen molar-refractivity contribution in [1.29, 1.82) is 0 Å². The average molecular weight is 293 g/mol. The van der Waals surface area contributed by atoms with Crippen molar-refractivity contribution in [2.24, 2.45) is 0 Å². The van der Waals surface area contributed by atoms with E-state index < -0.39 is 0 Å². The van der Waals surface area contributed by atoms with Crippen LogP contribution in [0.1, 0.15) is 6.92 Å². The van der Waals surface area contributed by atoms with Crippen LogP contribution >= 0.6 is 22.6 Å². The number of likely N-dealkylation sites (N-methyl/N-ethyl adjacent to an activating group) is 1. The molecule has 0 unspecified atom stereocenters. The maximum atomic E-state index is 8.79. The van der Waals surface area contributed by atoms with E-state index in [9.17, 15) is 0 Å². The zero-order chi connectivity index (χ0) is 9.68. The van der Waals surface area contributed by atoms with E-state index in [1.54, 1.807) is 12.4 Å². The molecule has 0 atom stereocenters. The molecule has 0 fully saturated rings. The van der Waals surface area contributed by atoms with Crippen molar-refractivity contribution >= 4 is 28.4 Å². The first-order valence-corrected chi connectivity index (χ1v) is 5.19. The highest BCUT2D eigenvalue weighted by Gasteiger charge is 2.04. The van der Waals surface area contributed by atoms with E-state index in [1.165, 1.54) is 0 Å². The van der Waals surface area contributed by atoms with E-state index in [-0.39, 0.29) is 6.61 Å². The summed E-state index contributed by atoms with van der Waals surface area (Å²) >= 11 is 2.11. The molecule has 13 heavy (non-hydrogen) atoms. The van der Waals surface area contributed by atoms with Gasteiger partial charge in [-0.05, 0) is 29.5 Å². The van der Waals surface area contributed by atoms with Crippen molar-refractivity contribution in [3.8, 4) is 0 Å². The van der Waals surface area contributed by atoms with Crippen LogP contribution in [0.5, 0.6) is 0 Å². The van der Waals surface area contributed by atoms with Crippen molar-refractivity contribution in [3.63, 3.8) is 0 Å². The van der Waals surface area contributed by atoms with E-state index in [2.05, 4.69) is 32.6 Å². The van der Waals surface area contributed by atoms with Crippen LogP contribution in [0.15, 0.2) is 12.4 Å². The number of aliphatic hydroxyl groups excluding tert-OH is 1. The molecule has 5 heteroatoms. The molecule has 0 saturated heterocycles. The third kappa shape index (κ3) is 3.07. The van der Waals surface area contributed by atoms with Crippen molar-refractivity contribution in [1.82, 2.24) is 9.97 Å². The summed E-state index contributed by atoms with van der Waals surface area (Å²) in [6.45, 7) is 3.60. The lowest BCUT2D eigenvalue weighted by atomic mass is 10.5. The molecule has 1 heterocycles. The maximum absolute atomic E-state index is 8.79. The molecule has 0 aliphatic rings. The number of halogens is 1.